The molecule has 0 aliphatic carbocycles. The van der Waals surface area contributed by atoms with Gasteiger partial charge in [0.2, 0.25) is 5.91 Å². The fraction of sp³-hybridized carbons (Fsp3) is 0.378. The lowest BCUT2D eigenvalue weighted by Gasteiger charge is -2.18. The van der Waals surface area contributed by atoms with Gasteiger partial charge in [-0.25, -0.2) is 14.2 Å². The first-order valence-corrected chi connectivity index (χ1v) is 32.7. The van der Waals surface area contributed by atoms with E-state index in [1.165, 1.54) is 4.57 Å². The first-order valence-electron chi connectivity index (χ1n) is 32.7. The average Bonchev–Trinajstić information content (AvgIpc) is 1.20. The van der Waals surface area contributed by atoms with E-state index in [1.54, 1.807) is 74.9 Å². The van der Waals surface area contributed by atoms with Gasteiger partial charge in [-0.15, -0.1) is 0 Å². The van der Waals surface area contributed by atoms with Crippen LogP contribution in [0.25, 0.3) is 50.1 Å². The van der Waals surface area contributed by atoms with Gasteiger partial charge in [0.05, 0.1) is 151 Å². The molecule has 514 valence electrons. The Kier molecular flexibility index (Phi) is 29.7. The molecule has 0 spiro atoms. The molecule has 0 bridgehead atoms. The van der Waals surface area contributed by atoms with Crippen molar-refractivity contribution in [2.45, 2.75) is 66.2 Å². The number of aromatic nitrogens is 6. The van der Waals surface area contributed by atoms with Gasteiger partial charge in [0.1, 0.15) is 11.3 Å². The first-order chi connectivity index (χ1) is 47.8. The lowest BCUT2D eigenvalue weighted by molar-refractivity contribution is -0.125. The molecule has 4 aromatic heterocycles. The Morgan fingerprint density at radius 2 is 0.908 bits per heavy atom. The predicted octanol–water partition coefficient (Wildman–Crippen LogP) is 9.12. The van der Waals surface area contributed by atoms with Gasteiger partial charge in [0.15, 0.2) is 11.5 Å². The Labute approximate surface area is 569 Å². The molecular formula is C74H84N10O14. The number of rotatable bonds is 43. The van der Waals surface area contributed by atoms with E-state index in [-0.39, 0.29) is 67.6 Å². The standard InChI is InChI=1S/C74H84N10O14/c1-53-10-6-12-61(48-53)81-55(3)64(68-26-28-80-84(68)60-22-18-58(76-5)19-23-60)50-66(73(81)89)70(86)15-9-33-92-37-41-96-45-46-97-42-38-93-34-30-77-71(87)25-24-63(85)14-8-32-91-36-40-95-44-47-98-43-39-94-35-31-78-72(88)67-51-65(56(4)82(74(67)90)62-13-7-11-54(2)49-62)69-27-29-79-83(69)59-20-16-57(52-75)17-21-59/h6-7,10-13,16-23,26-29,48-51H,8-9,14-15,24-25,30-47H2,1-4H3,(H,77,87)(H,78,88). The van der Waals surface area contributed by atoms with E-state index in [1.807, 2.05) is 100 Å². The molecule has 8 rings (SSSR count). The van der Waals surface area contributed by atoms with Gasteiger partial charge >= 0.3 is 0 Å². The van der Waals surface area contributed by atoms with E-state index >= 15 is 0 Å². The molecule has 0 aliphatic heterocycles. The van der Waals surface area contributed by atoms with Crippen LogP contribution in [0.4, 0.5) is 5.69 Å². The summed E-state index contributed by atoms with van der Waals surface area (Å²) in [4.78, 5) is 83.6. The normalized spacial score (nSPS) is 11.2. The summed E-state index contributed by atoms with van der Waals surface area (Å²) >= 11 is 0. The summed E-state index contributed by atoms with van der Waals surface area (Å²) in [5, 5.41) is 23.9. The molecule has 4 aromatic carbocycles. The first kappa shape index (κ1) is 73.9. The number of carbonyl (C=O) groups excluding carboxylic acids is 4. The largest absolute Gasteiger partial charge is 0.379 e. The van der Waals surface area contributed by atoms with Crippen LogP contribution in [0.2, 0.25) is 0 Å². The van der Waals surface area contributed by atoms with Crippen LogP contribution in [0, 0.1) is 45.6 Å². The van der Waals surface area contributed by atoms with Crippen molar-refractivity contribution in [2.24, 2.45) is 0 Å². The molecular weight excluding hydrogens is 1250 g/mol. The Hall–Kier alpha value is -9.86. The van der Waals surface area contributed by atoms with Crippen molar-refractivity contribution < 1.29 is 57.1 Å². The van der Waals surface area contributed by atoms with Crippen LogP contribution < -0.4 is 21.8 Å². The summed E-state index contributed by atoms with van der Waals surface area (Å²) in [7, 11) is 0. The number of ether oxygens (including phenoxy) is 8. The van der Waals surface area contributed by atoms with Crippen molar-refractivity contribution >= 4 is 29.1 Å². The van der Waals surface area contributed by atoms with Crippen LogP contribution in [-0.2, 0) is 47.5 Å². The molecule has 0 saturated heterocycles. The third-order valence-corrected chi connectivity index (χ3v) is 15.7. The molecule has 0 saturated carbocycles. The van der Waals surface area contributed by atoms with Gasteiger partial charge in [-0.05, 0) is 137 Å². The Balaban J connectivity index is 0.585. The second-order valence-electron chi connectivity index (χ2n) is 22.8. The van der Waals surface area contributed by atoms with Crippen LogP contribution in [0.1, 0.15) is 87.3 Å². The summed E-state index contributed by atoms with van der Waals surface area (Å²) in [5.41, 5.74) is 8.73. The lowest BCUT2D eigenvalue weighted by Crippen LogP contribution is -2.35. The molecule has 4 heterocycles. The molecule has 24 heteroatoms. The summed E-state index contributed by atoms with van der Waals surface area (Å²) in [6.07, 6.45) is 4.89. The molecule has 8 aromatic rings. The number of hydrogen-bond donors (Lipinski definition) is 2. The van der Waals surface area contributed by atoms with Crippen LogP contribution in [0.3, 0.4) is 0 Å². The number of Topliss-reactive ketones (excluding diaryl/α,β-unsaturated/α-hetero) is 2. The van der Waals surface area contributed by atoms with E-state index in [4.69, 9.17) is 44.5 Å². The number of ketones is 2. The van der Waals surface area contributed by atoms with Crippen molar-refractivity contribution in [3.05, 3.63) is 205 Å². The van der Waals surface area contributed by atoms with Gasteiger partial charge in [-0.3, -0.25) is 37.9 Å². The number of carbonyl (C=O) groups is 4. The zero-order valence-electron chi connectivity index (χ0n) is 56.0. The Morgan fingerprint density at radius 3 is 1.38 bits per heavy atom. The smallest absolute Gasteiger partial charge is 0.268 e. The molecule has 2 N–H and O–H groups in total. The fourth-order valence-electron chi connectivity index (χ4n) is 10.6. The predicted molar refractivity (Wildman–Crippen MR) is 368 cm³/mol. The maximum absolute atomic E-state index is 14.1. The highest BCUT2D eigenvalue weighted by Crippen LogP contribution is 2.30. The third kappa shape index (κ3) is 21.8. The van der Waals surface area contributed by atoms with Crippen LogP contribution in [0.5, 0.6) is 0 Å². The minimum absolute atomic E-state index is 0.0177. The molecule has 0 aliphatic rings. The quantitative estimate of drug-likeness (QED) is 0.0205. The summed E-state index contributed by atoms with van der Waals surface area (Å²) in [6, 6.07) is 38.1. The number of benzene rings is 4. The number of nitrogens with zero attached hydrogens (tertiary/aromatic N) is 8. The van der Waals surface area contributed by atoms with Crippen molar-refractivity contribution in [3.8, 4) is 51.3 Å². The van der Waals surface area contributed by atoms with Crippen molar-refractivity contribution in [2.75, 3.05) is 119 Å². The number of aryl methyl sites for hydroxylation is 2. The van der Waals surface area contributed by atoms with Crippen LogP contribution >= 0.6 is 0 Å². The van der Waals surface area contributed by atoms with Crippen molar-refractivity contribution in [3.63, 3.8) is 0 Å². The number of pyridine rings is 2. The maximum Gasteiger partial charge on any atom is 0.268 e. The van der Waals surface area contributed by atoms with Gasteiger partial charge in [-0.1, -0.05) is 36.4 Å². The van der Waals surface area contributed by atoms with E-state index in [9.17, 15) is 34.0 Å². The molecule has 24 nitrogen and oxygen atoms in total. The molecule has 0 radical (unpaired) electrons. The highest BCUT2D eigenvalue weighted by atomic mass is 16.6. The summed E-state index contributed by atoms with van der Waals surface area (Å²) < 4.78 is 51.4. The Morgan fingerprint density at radius 1 is 0.480 bits per heavy atom. The number of nitriles is 1. The van der Waals surface area contributed by atoms with Crippen molar-refractivity contribution in [1.29, 1.82) is 5.26 Å². The number of nitrogens with one attached hydrogen (secondary N) is 2. The minimum Gasteiger partial charge on any atom is -0.379 e. The molecule has 0 unspecified atom stereocenters. The monoisotopic (exact) mass is 1340 g/mol. The van der Waals surface area contributed by atoms with E-state index < -0.39 is 17.0 Å². The SMILES string of the molecule is [C-]#[N+]c1ccc(-n2nccc2-c2cc(C(=O)CCCOCCOCCOCCOCCNC(=O)CCC(=O)CCCOCCOCCOCCOCCNC(=O)c3cc(-c4ccnn4-c4ccc(C#N)cc4)c(C)n(-c4cccc(C)c4)c3=O)c(=O)n(-c3cccc(C)c3)c2C)cc1. The minimum atomic E-state index is -0.546. The second-order valence-corrected chi connectivity index (χ2v) is 22.8. The molecule has 0 atom stereocenters. The summed E-state index contributed by atoms with van der Waals surface area (Å²) in [6.45, 7) is 20.6. The highest BCUT2D eigenvalue weighted by molar-refractivity contribution is 5.97. The van der Waals surface area contributed by atoms with Crippen LogP contribution in [0.15, 0.2) is 143 Å². The molecule has 0 fully saturated rings. The highest BCUT2D eigenvalue weighted by Gasteiger charge is 2.24. The second kappa shape index (κ2) is 39.4. The lowest BCUT2D eigenvalue weighted by atomic mass is 10.0. The van der Waals surface area contributed by atoms with Crippen molar-refractivity contribution in [1.82, 2.24) is 39.3 Å². The number of amides is 2. The van der Waals surface area contributed by atoms with Crippen LogP contribution in [-0.4, -0.2) is 171 Å². The third-order valence-electron chi connectivity index (χ3n) is 15.7. The Bertz CT molecular complexity index is 3880. The van der Waals surface area contributed by atoms with Gasteiger partial charge < -0.3 is 48.5 Å². The maximum atomic E-state index is 14.1. The zero-order valence-corrected chi connectivity index (χ0v) is 56.0. The topological polar surface area (TPSA) is 274 Å². The van der Waals surface area contributed by atoms with E-state index in [2.05, 4.69) is 31.7 Å². The van der Waals surface area contributed by atoms with E-state index in [0.29, 0.717) is 181 Å². The average molecular weight is 1340 g/mol. The fourth-order valence-corrected chi connectivity index (χ4v) is 10.6. The van der Waals surface area contributed by atoms with Gasteiger partial charge in [0.25, 0.3) is 17.0 Å². The van der Waals surface area contributed by atoms with Gasteiger partial charge in [0, 0.05) is 85.9 Å². The van der Waals surface area contributed by atoms with Gasteiger partial charge in [-0.2, -0.15) is 15.5 Å². The summed E-state index contributed by atoms with van der Waals surface area (Å²) in [5.74, 6) is -1.09. The van der Waals surface area contributed by atoms with E-state index in [0.717, 1.165) is 16.8 Å². The molecule has 2 amide bonds. The number of hydrogen-bond acceptors (Lipinski definition) is 17. The molecule has 98 heavy (non-hydrogen) atoms. The zero-order chi connectivity index (χ0) is 69.4.